The van der Waals surface area contributed by atoms with Crippen molar-refractivity contribution in [2.24, 2.45) is 5.41 Å². The molecule has 3 rings (SSSR count). The van der Waals surface area contributed by atoms with Gasteiger partial charge in [-0.2, -0.15) is 0 Å². The first-order chi connectivity index (χ1) is 9.34. The lowest BCUT2D eigenvalue weighted by atomic mass is 9.86. The molecule has 0 unspecified atom stereocenters. The first kappa shape index (κ1) is 13.4. The minimum absolute atomic E-state index is 0.0320. The fourth-order valence-corrected chi connectivity index (χ4v) is 2.86. The Kier molecular flexibility index (Phi) is 2.83. The molecule has 1 aromatic rings. The summed E-state index contributed by atoms with van der Waals surface area (Å²) in [7, 11) is 0. The molecule has 2 heterocycles. The molecular formula is C16H21NO3. The molecule has 0 saturated carbocycles. The number of amides is 1. The fraction of sp³-hybridized carbons (Fsp3) is 0.562. The van der Waals surface area contributed by atoms with Gasteiger partial charge in [0, 0.05) is 0 Å². The zero-order chi connectivity index (χ0) is 14.5. The van der Waals surface area contributed by atoms with Gasteiger partial charge in [0.15, 0.2) is 6.23 Å². The Bertz CT molecular complexity index is 522. The van der Waals surface area contributed by atoms with E-state index in [0.717, 1.165) is 5.56 Å². The van der Waals surface area contributed by atoms with Crippen LogP contribution in [0.2, 0.25) is 0 Å². The average molecular weight is 275 g/mol. The Labute approximate surface area is 119 Å². The van der Waals surface area contributed by atoms with Gasteiger partial charge in [0.25, 0.3) is 0 Å². The average Bonchev–Trinajstić information content (AvgIpc) is 2.91. The van der Waals surface area contributed by atoms with E-state index in [1.54, 1.807) is 4.90 Å². The summed E-state index contributed by atoms with van der Waals surface area (Å²) in [5.74, 6) is 0. The molecule has 20 heavy (non-hydrogen) atoms. The molecule has 0 spiro atoms. The van der Waals surface area contributed by atoms with Crippen LogP contribution in [0.1, 0.15) is 33.3 Å². The Morgan fingerprint density at radius 1 is 1.25 bits per heavy atom. The second-order valence-corrected chi connectivity index (χ2v) is 6.81. The van der Waals surface area contributed by atoms with Gasteiger partial charge in [0.05, 0.1) is 6.04 Å². The van der Waals surface area contributed by atoms with Gasteiger partial charge >= 0.3 is 6.09 Å². The summed E-state index contributed by atoms with van der Waals surface area (Å²) in [6.45, 7) is 8.82. The van der Waals surface area contributed by atoms with E-state index in [1.807, 2.05) is 37.3 Å². The van der Waals surface area contributed by atoms with Crippen LogP contribution < -0.4 is 0 Å². The molecule has 3 atom stereocenters. The number of carbonyl (C=O) groups is 1. The highest BCUT2D eigenvalue weighted by Gasteiger charge is 2.62. The molecule has 2 saturated heterocycles. The van der Waals surface area contributed by atoms with Crippen molar-refractivity contribution in [2.75, 3.05) is 6.61 Å². The predicted octanol–water partition coefficient (Wildman–Crippen LogP) is 3.13. The Hall–Kier alpha value is -1.55. The van der Waals surface area contributed by atoms with Gasteiger partial charge in [-0.25, -0.2) is 4.79 Å². The summed E-state index contributed by atoms with van der Waals surface area (Å²) in [5, 5.41) is 0. The molecule has 0 aromatic heterocycles. The lowest BCUT2D eigenvalue weighted by Gasteiger charge is -2.31. The number of cyclic esters (lactones) is 1. The topological polar surface area (TPSA) is 42.1 Å². The second-order valence-electron chi connectivity index (χ2n) is 6.81. The van der Waals surface area contributed by atoms with Crippen LogP contribution in [-0.2, 0) is 15.1 Å². The first-order valence-electron chi connectivity index (χ1n) is 7.02. The SMILES string of the molecule is CC(C)(C)[C@H]1COC(=O)N1[C@H]1O[C@]1(C)c1ccccc1. The molecule has 4 heteroatoms. The third kappa shape index (κ3) is 1.99. The normalized spacial score (nSPS) is 33.2. The molecule has 0 radical (unpaired) electrons. The number of benzene rings is 1. The van der Waals surface area contributed by atoms with E-state index in [1.165, 1.54) is 0 Å². The van der Waals surface area contributed by atoms with Crippen LogP contribution in [0.15, 0.2) is 30.3 Å². The van der Waals surface area contributed by atoms with Crippen molar-refractivity contribution in [1.82, 2.24) is 4.90 Å². The maximum absolute atomic E-state index is 12.1. The van der Waals surface area contributed by atoms with Crippen molar-refractivity contribution >= 4 is 6.09 Å². The highest BCUT2D eigenvalue weighted by Crippen LogP contribution is 2.50. The van der Waals surface area contributed by atoms with Crippen LogP contribution in [0, 0.1) is 5.41 Å². The van der Waals surface area contributed by atoms with Gasteiger partial charge in [-0.1, -0.05) is 51.1 Å². The Morgan fingerprint density at radius 3 is 2.50 bits per heavy atom. The maximum Gasteiger partial charge on any atom is 0.412 e. The van der Waals surface area contributed by atoms with Crippen molar-refractivity contribution < 1.29 is 14.3 Å². The third-order valence-electron chi connectivity index (χ3n) is 4.28. The zero-order valence-electron chi connectivity index (χ0n) is 12.4. The maximum atomic E-state index is 12.1. The van der Waals surface area contributed by atoms with Gasteiger partial charge in [0.1, 0.15) is 12.2 Å². The van der Waals surface area contributed by atoms with E-state index < -0.39 is 5.60 Å². The fourth-order valence-electron chi connectivity index (χ4n) is 2.86. The standard InChI is InChI=1S/C16H21NO3/c1-15(2,3)12-10-19-14(18)17(12)13-16(4,20-13)11-8-6-5-7-9-11/h5-9,12-13H,10H2,1-4H3/t12-,13+,16-/m1/s1. The summed E-state index contributed by atoms with van der Waals surface area (Å²) >= 11 is 0. The van der Waals surface area contributed by atoms with Crippen LogP contribution in [0.4, 0.5) is 4.79 Å². The minimum atomic E-state index is -0.422. The smallest absolute Gasteiger partial charge is 0.412 e. The van der Waals surface area contributed by atoms with E-state index >= 15 is 0 Å². The molecule has 1 amide bonds. The summed E-state index contributed by atoms with van der Waals surface area (Å²) in [6, 6.07) is 10.1. The number of nitrogens with zero attached hydrogens (tertiary/aromatic N) is 1. The number of rotatable bonds is 2. The molecule has 0 N–H and O–H groups in total. The van der Waals surface area contributed by atoms with Crippen molar-refractivity contribution in [3.8, 4) is 0 Å². The lowest BCUT2D eigenvalue weighted by Crippen LogP contribution is -2.45. The molecule has 0 aliphatic carbocycles. The van der Waals surface area contributed by atoms with Crippen LogP contribution in [-0.4, -0.2) is 29.9 Å². The predicted molar refractivity (Wildman–Crippen MR) is 75.1 cm³/mol. The quantitative estimate of drug-likeness (QED) is 0.779. The highest BCUT2D eigenvalue weighted by atomic mass is 16.7. The van der Waals surface area contributed by atoms with E-state index in [9.17, 15) is 4.79 Å². The van der Waals surface area contributed by atoms with E-state index in [4.69, 9.17) is 9.47 Å². The number of ether oxygens (including phenoxy) is 2. The number of hydrogen-bond donors (Lipinski definition) is 0. The van der Waals surface area contributed by atoms with Gasteiger partial charge in [-0.3, -0.25) is 4.90 Å². The number of epoxide rings is 1. The van der Waals surface area contributed by atoms with Crippen molar-refractivity contribution in [1.29, 1.82) is 0 Å². The third-order valence-corrected chi connectivity index (χ3v) is 4.28. The van der Waals surface area contributed by atoms with Gasteiger partial charge in [0.2, 0.25) is 0 Å². The van der Waals surface area contributed by atoms with Crippen molar-refractivity contribution in [2.45, 2.75) is 45.6 Å². The summed E-state index contributed by atoms with van der Waals surface area (Å²) in [4.78, 5) is 13.8. The monoisotopic (exact) mass is 275 g/mol. The molecular weight excluding hydrogens is 254 g/mol. The second kappa shape index (κ2) is 4.22. The minimum Gasteiger partial charge on any atom is -0.447 e. The van der Waals surface area contributed by atoms with Crippen LogP contribution in [0.25, 0.3) is 0 Å². The first-order valence-corrected chi connectivity index (χ1v) is 7.02. The Morgan fingerprint density at radius 2 is 1.90 bits per heavy atom. The molecule has 4 nitrogen and oxygen atoms in total. The summed E-state index contributed by atoms with van der Waals surface area (Å²) in [6.07, 6.45) is -0.501. The van der Waals surface area contributed by atoms with Crippen LogP contribution >= 0.6 is 0 Å². The molecule has 0 bridgehead atoms. The van der Waals surface area contributed by atoms with Gasteiger partial charge in [-0.15, -0.1) is 0 Å². The van der Waals surface area contributed by atoms with E-state index in [-0.39, 0.29) is 23.8 Å². The van der Waals surface area contributed by atoms with Gasteiger partial charge in [-0.05, 0) is 17.9 Å². The van der Waals surface area contributed by atoms with Gasteiger partial charge < -0.3 is 9.47 Å². The number of carbonyl (C=O) groups excluding carboxylic acids is 1. The largest absolute Gasteiger partial charge is 0.447 e. The van der Waals surface area contributed by atoms with Crippen molar-refractivity contribution in [3.63, 3.8) is 0 Å². The molecule has 2 aliphatic heterocycles. The summed E-state index contributed by atoms with van der Waals surface area (Å²) in [5.41, 5.74) is 0.640. The highest BCUT2D eigenvalue weighted by molar-refractivity contribution is 5.71. The lowest BCUT2D eigenvalue weighted by molar-refractivity contribution is 0.113. The van der Waals surface area contributed by atoms with E-state index in [2.05, 4.69) is 20.8 Å². The van der Waals surface area contributed by atoms with E-state index in [0.29, 0.717) is 6.61 Å². The molecule has 2 aliphatic rings. The van der Waals surface area contributed by atoms with Crippen molar-refractivity contribution in [3.05, 3.63) is 35.9 Å². The van der Waals surface area contributed by atoms with Crippen LogP contribution in [0.3, 0.4) is 0 Å². The van der Waals surface area contributed by atoms with Crippen LogP contribution in [0.5, 0.6) is 0 Å². The Balaban J connectivity index is 1.86. The molecule has 1 aromatic carbocycles. The zero-order valence-corrected chi connectivity index (χ0v) is 12.4. The molecule has 108 valence electrons. The summed E-state index contributed by atoms with van der Waals surface area (Å²) < 4.78 is 11.1. The number of hydrogen-bond acceptors (Lipinski definition) is 3. The molecule has 2 fully saturated rings.